The number of halogens is 3. The van der Waals surface area contributed by atoms with E-state index in [0.29, 0.717) is 22.4 Å². The van der Waals surface area contributed by atoms with Crippen LogP contribution in [0, 0.1) is 15.9 Å². The Bertz CT molecular complexity index is 987. The molecule has 0 aliphatic rings. The number of benzene rings is 2. The van der Waals surface area contributed by atoms with E-state index in [9.17, 15) is 14.5 Å². The second kappa shape index (κ2) is 7.67. The van der Waals surface area contributed by atoms with Crippen LogP contribution >= 0.6 is 23.2 Å². The molecule has 0 aliphatic carbocycles. The quantitative estimate of drug-likeness (QED) is 0.369. The van der Waals surface area contributed by atoms with Gasteiger partial charge in [-0.3, -0.25) is 10.1 Å². The van der Waals surface area contributed by atoms with Crippen molar-refractivity contribution >= 4 is 51.3 Å². The number of anilines is 2. The van der Waals surface area contributed by atoms with Crippen LogP contribution in [0.15, 0.2) is 36.7 Å². The Morgan fingerprint density at radius 1 is 1.27 bits per heavy atom. The van der Waals surface area contributed by atoms with Crippen molar-refractivity contribution in [3.63, 3.8) is 0 Å². The normalized spacial score (nSPS) is 10.7. The van der Waals surface area contributed by atoms with Gasteiger partial charge in [0.05, 0.1) is 26.7 Å². The Labute approximate surface area is 156 Å². The number of aromatic nitrogens is 2. The predicted molar refractivity (Wildman–Crippen MR) is 97.1 cm³/mol. The highest BCUT2D eigenvalue weighted by molar-refractivity contribution is 6.31. The first-order valence-corrected chi connectivity index (χ1v) is 8.25. The van der Waals surface area contributed by atoms with Crippen LogP contribution in [0.5, 0.6) is 5.75 Å². The van der Waals surface area contributed by atoms with Gasteiger partial charge in [0.2, 0.25) is 0 Å². The van der Waals surface area contributed by atoms with Gasteiger partial charge in [-0.2, -0.15) is 0 Å². The Hall–Kier alpha value is -2.71. The lowest BCUT2D eigenvalue weighted by Crippen LogP contribution is -2.03. The molecule has 0 radical (unpaired) electrons. The molecule has 0 spiro atoms. The average Bonchev–Trinajstić information content (AvgIpc) is 2.62. The van der Waals surface area contributed by atoms with Crippen LogP contribution in [0.4, 0.5) is 21.6 Å². The number of fused-ring (bicyclic) bond motifs is 1. The highest BCUT2D eigenvalue weighted by Gasteiger charge is 2.19. The van der Waals surface area contributed by atoms with Gasteiger partial charge in [-0.05, 0) is 18.2 Å². The standard InChI is InChI=1S/C16H11Cl2FN4O3/c17-3-4-26-15-7-13-10(6-14(15)23(24)25)16(21-8-20-13)22-9-1-2-12(19)11(18)5-9/h1-2,5-8H,3-4H2,(H,20,21,22). The summed E-state index contributed by atoms with van der Waals surface area (Å²) in [7, 11) is 0. The van der Waals surface area contributed by atoms with Gasteiger partial charge >= 0.3 is 5.69 Å². The summed E-state index contributed by atoms with van der Waals surface area (Å²) in [6.07, 6.45) is 1.30. The molecule has 0 fully saturated rings. The molecule has 134 valence electrons. The van der Waals surface area contributed by atoms with Crippen LogP contribution in [0.3, 0.4) is 0 Å². The molecule has 0 aliphatic heterocycles. The number of hydrogen-bond donors (Lipinski definition) is 1. The summed E-state index contributed by atoms with van der Waals surface area (Å²) in [6, 6.07) is 6.82. The van der Waals surface area contributed by atoms with Gasteiger partial charge in [0, 0.05) is 17.8 Å². The van der Waals surface area contributed by atoms with Gasteiger partial charge in [-0.1, -0.05) is 11.6 Å². The van der Waals surface area contributed by atoms with Crippen molar-refractivity contribution in [2.45, 2.75) is 0 Å². The number of nitro groups is 1. The lowest BCUT2D eigenvalue weighted by Gasteiger charge is -2.11. The fourth-order valence-electron chi connectivity index (χ4n) is 2.29. The molecule has 1 N–H and O–H groups in total. The molecule has 10 heteroatoms. The summed E-state index contributed by atoms with van der Waals surface area (Å²) in [5.74, 6) is 0.0145. The number of alkyl halides is 1. The third-order valence-corrected chi connectivity index (χ3v) is 3.87. The maximum atomic E-state index is 13.3. The molecule has 0 amide bonds. The summed E-state index contributed by atoms with van der Waals surface area (Å²) < 4.78 is 18.6. The Kier molecular flexibility index (Phi) is 5.34. The van der Waals surface area contributed by atoms with E-state index in [2.05, 4.69) is 15.3 Å². The van der Waals surface area contributed by atoms with Crippen molar-refractivity contribution in [1.29, 1.82) is 0 Å². The molecule has 7 nitrogen and oxygen atoms in total. The van der Waals surface area contributed by atoms with Crippen molar-refractivity contribution in [3.8, 4) is 5.75 Å². The molecule has 26 heavy (non-hydrogen) atoms. The molecule has 1 aromatic heterocycles. The van der Waals surface area contributed by atoms with Gasteiger partial charge in [0.1, 0.15) is 24.6 Å². The van der Waals surface area contributed by atoms with E-state index in [-0.39, 0.29) is 28.9 Å². The van der Waals surface area contributed by atoms with Crippen molar-refractivity contribution < 1.29 is 14.1 Å². The van der Waals surface area contributed by atoms with Crippen molar-refractivity contribution in [2.24, 2.45) is 0 Å². The van der Waals surface area contributed by atoms with Gasteiger partial charge < -0.3 is 10.1 Å². The number of hydrogen-bond acceptors (Lipinski definition) is 6. The highest BCUT2D eigenvalue weighted by Crippen LogP contribution is 2.34. The minimum atomic E-state index is -0.561. The van der Waals surface area contributed by atoms with Crippen LogP contribution in [-0.4, -0.2) is 27.4 Å². The number of nitro benzene ring substituents is 1. The predicted octanol–water partition coefficient (Wildman–Crippen LogP) is 4.69. The number of nitrogens with one attached hydrogen (secondary N) is 1. The molecule has 0 bridgehead atoms. The molecule has 1 heterocycles. The van der Waals surface area contributed by atoms with E-state index in [0.717, 1.165) is 0 Å². The van der Waals surface area contributed by atoms with Crippen LogP contribution in [-0.2, 0) is 0 Å². The molecule has 0 saturated carbocycles. The Morgan fingerprint density at radius 2 is 2.08 bits per heavy atom. The first-order valence-electron chi connectivity index (χ1n) is 7.33. The SMILES string of the molecule is O=[N+]([O-])c1cc2c(Nc3ccc(F)c(Cl)c3)ncnc2cc1OCCCl. The van der Waals surface area contributed by atoms with Crippen LogP contribution in [0.2, 0.25) is 5.02 Å². The van der Waals surface area contributed by atoms with E-state index >= 15 is 0 Å². The molecule has 0 unspecified atom stereocenters. The lowest BCUT2D eigenvalue weighted by molar-refractivity contribution is -0.385. The second-order valence-corrected chi connectivity index (χ2v) is 5.89. The minimum absolute atomic E-state index is 0.0592. The zero-order valence-corrected chi connectivity index (χ0v) is 14.6. The maximum absolute atomic E-state index is 13.3. The van der Waals surface area contributed by atoms with Crippen LogP contribution in [0.1, 0.15) is 0 Å². The monoisotopic (exact) mass is 396 g/mol. The number of nitrogens with zero attached hydrogens (tertiary/aromatic N) is 3. The summed E-state index contributed by atoms with van der Waals surface area (Å²) >= 11 is 11.3. The summed E-state index contributed by atoms with van der Waals surface area (Å²) in [5, 5.41) is 14.7. The number of rotatable bonds is 6. The first kappa shape index (κ1) is 18.1. The third kappa shape index (κ3) is 3.76. The van der Waals surface area contributed by atoms with E-state index < -0.39 is 10.7 Å². The zero-order valence-electron chi connectivity index (χ0n) is 13.1. The molecule has 3 rings (SSSR count). The van der Waals surface area contributed by atoms with Crippen LogP contribution < -0.4 is 10.1 Å². The molecule has 2 aromatic carbocycles. The van der Waals surface area contributed by atoms with E-state index in [1.54, 1.807) is 0 Å². The molecule has 3 aromatic rings. The van der Waals surface area contributed by atoms with E-state index in [1.807, 2.05) is 0 Å². The Morgan fingerprint density at radius 3 is 2.77 bits per heavy atom. The van der Waals surface area contributed by atoms with Gasteiger partial charge in [-0.15, -0.1) is 11.6 Å². The summed E-state index contributed by atoms with van der Waals surface area (Å²) in [5.41, 5.74) is 0.671. The summed E-state index contributed by atoms with van der Waals surface area (Å²) in [4.78, 5) is 19.0. The van der Waals surface area contributed by atoms with Gasteiger partial charge in [0.25, 0.3) is 0 Å². The van der Waals surface area contributed by atoms with Gasteiger partial charge in [-0.25, -0.2) is 14.4 Å². The largest absolute Gasteiger partial charge is 0.485 e. The van der Waals surface area contributed by atoms with Crippen molar-refractivity contribution in [3.05, 3.63) is 57.6 Å². The summed E-state index contributed by atoms with van der Waals surface area (Å²) in [6.45, 7) is 0.123. The fraction of sp³-hybridized carbons (Fsp3) is 0.125. The highest BCUT2D eigenvalue weighted by atomic mass is 35.5. The number of ether oxygens (including phenoxy) is 1. The molecule has 0 saturated heterocycles. The molecule has 0 atom stereocenters. The molecular weight excluding hydrogens is 386 g/mol. The van der Waals surface area contributed by atoms with E-state index in [4.69, 9.17) is 27.9 Å². The van der Waals surface area contributed by atoms with Crippen LogP contribution in [0.25, 0.3) is 10.9 Å². The molecular formula is C16H11Cl2FN4O3. The smallest absolute Gasteiger partial charge is 0.311 e. The second-order valence-electron chi connectivity index (χ2n) is 5.11. The first-order chi connectivity index (χ1) is 12.5. The topological polar surface area (TPSA) is 90.2 Å². The van der Waals surface area contributed by atoms with Crippen molar-refractivity contribution in [2.75, 3.05) is 17.8 Å². The minimum Gasteiger partial charge on any atom is -0.485 e. The maximum Gasteiger partial charge on any atom is 0.311 e. The lowest BCUT2D eigenvalue weighted by atomic mass is 10.2. The third-order valence-electron chi connectivity index (χ3n) is 3.43. The van der Waals surface area contributed by atoms with Gasteiger partial charge in [0.15, 0.2) is 5.75 Å². The average molecular weight is 397 g/mol. The van der Waals surface area contributed by atoms with E-state index in [1.165, 1.54) is 36.7 Å². The van der Waals surface area contributed by atoms with Crippen molar-refractivity contribution in [1.82, 2.24) is 9.97 Å². The Balaban J connectivity index is 2.07. The zero-order chi connectivity index (χ0) is 18.7. The fourth-order valence-corrected chi connectivity index (χ4v) is 2.55.